The number of allylic oxidation sites excluding steroid dienone is 1. The summed E-state index contributed by atoms with van der Waals surface area (Å²) in [7, 11) is 0. The largest absolute Gasteiger partial charge is 0.489 e. The van der Waals surface area contributed by atoms with Gasteiger partial charge < -0.3 is 15.4 Å². The molecule has 152 valence electrons. The van der Waals surface area contributed by atoms with Crippen molar-refractivity contribution in [3.8, 4) is 5.75 Å². The second kappa shape index (κ2) is 10.4. The van der Waals surface area contributed by atoms with E-state index in [0.717, 1.165) is 23.1 Å². The Balaban J connectivity index is 0.00000341. The molecule has 1 amide bonds. The number of para-hydroxylation sites is 1. The number of carbonyl (C=O) groups is 2. The summed E-state index contributed by atoms with van der Waals surface area (Å²) >= 11 is 0. The highest BCUT2D eigenvalue weighted by molar-refractivity contribution is 6.68. The summed E-state index contributed by atoms with van der Waals surface area (Å²) in [6.07, 6.45) is 2.54. The van der Waals surface area contributed by atoms with Gasteiger partial charge in [-0.15, -0.1) is 0 Å². The van der Waals surface area contributed by atoms with E-state index in [4.69, 9.17) is 10.1 Å². The number of ether oxygens (including phenoxy) is 1. The van der Waals surface area contributed by atoms with E-state index in [1.165, 1.54) is 6.20 Å². The first-order chi connectivity index (χ1) is 14.6. The van der Waals surface area contributed by atoms with E-state index < -0.39 is 17.4 Å². The quantitative estimate of drug-likeness (QED) is 0.276. The minimum Gasteiger partial charge on any atom is -0.489 e. The molecule has 3 N–H and O–H groups in total. The van der Waals surface area contributed by atoms with Crippen LogP contribution in [-0.4, -0.2) is 17.4 Å². The number of hydrogen-bond acceptors (Lipinski definition) is 5. The molecule has 30 heavy (non-hydrogen) atoms. The molecule has 6 nitrogen and oxygen atoms in total. The molecule has 0 aliphatic rings. The highest BCUT2D eigenvalue weighted by atomic mass is 16.5. The molecule has 3 aromatic carbocycles. The maximum atomic E-state index is 12.0. The molecule has 0 saturated carbocycles. The van der Waals surface area contributed by atoms with Gasteiger partial charge in [-0.2, -0.15) is 0 Å². The first-order valence-electron chi connectivity index (χ1n) is 9.31. The number of nitrogens with one attached hydrogen (secondary N) is 3. The van der Waals surface area contributed by atoms with E-state index in [0.29, 0.717) is 12.3 Å². The highest BCUT2D eigenvalue weighted by Gasteiger charge is 2.15. The molecule has 0 unspecified atom stereocenters. The van der Waals surface area contributed by atoms with Crippen molar-refractivity contribution in [2.24, 2.45) is 0 Å². The van der Waals surface area contributed by atoms with Crippen molar-refractivity contribution in [2.45, 2.75) is 6.61 Å². The van der Waals surface area contributed by atoms with Crippen LogP contribution in [-0.2, 0) is 16.2 Å². The van der Waals surface area contributed by atoms with Gasteiger partial charge in [0.05, 0.1) is 0 Å². The Hall–Kier alpha value is -4.19. The van der Waals surface area contributed by atoms with Crippen molar-refractivity contribution in [2.75, 3.05) is 10.6 Å². The second-order valence-electron chi connectivity index (χ2n) is 6.34. The molecule has 0 fully saturated rings. The van der Waals surface area contributed by atoms with Crippen LogP contribution in [0.15, 0.2) is 97.2 Å². The summed E-state index contributed by atoms with van der Waals surface area (Å²) in [5.74, 6) is -0.724. The lowest BCUT2D eigenvalue weighted by Crippen LogP contribution is -2.28. The molecule has 3 aromatic rings. The van der Waals surface area contributed by atoms with E-state index in [-0.39, 0.29) is 1.43 Å². The van der Waals surface area contributed by atoms with Crippen molar-refractivity contribution < 1.29 is 15.8 Å². The number of benzene rings is 3. The van der Waals surface area contributed by atoms with E-state index in [9.17, 15) is 9.59 Å². The SMILES string of the molecule is N=C(C(=O)/C=C\Nc1ccc(OCc2ccccc2)cc1)C(=O)Nc1ccccc1.[HH]. The number of carbonyl (C=O) groups excluding carboxylic acids is 2. The van der Waals surface area contributed by atoms with Gasteiger partial charge in [-0.1, -0.05) is 48.5 Å². The number of amides is 1. The molecular weight excluding hydrogens is 378 g/mol. The van der Waals surface area contributed by atoms with Crippen molar-refractivity contribution >= 4 is 28.8 Å². The lowest BCUT2D eigenvalue weighted by molar-refractivity contribution is -0.113. The molecule has 0 radical (unpaired) electrons. The molecule has 0 aromatic heterocycles. The van der Waals surface area contributed by atoms with E-state index in [1.807, 2.05) is 60.7 Å². The van der Waals surface area contributed by atoms with Crippen LogP contribution >= 0.6 is 0 Å². The van der Waals surface area contributed by atoms with Crippen LogP contribution in [0.1, 0.15) is 6.99 Å². The lowest BCUT2D eigenvalue weighted by atomic mass is 10.2. The van der Waals surface area contributed by atoms with Crippen LogP contribution in [0, 0.1) is 5.41 Å². The second-order valence-corrected chi connectivity index (χ2v) is 6.34. The molecule has 0 heterocycles. The van der Waals surface area contributed by atoms with Crippen molar-refractivity contribution in [3.05, 3.63) is 103 Å². The summed E-state index contributed by atoms with van der Waals surface area (Å²) < 4.78 is 5.72. The zero-order valence-corrected chi connectivity index (χ0v) is 16.2. The van der Waals surface area contributed by atoms with E-state index >= 15 is 0 Å². The number of rotatable bonds is 9. The van der Waals surface area contributed by atoms with Gasteiger partial charge in [0.25, 0.3) is 5.91 Å². The summed E-state index contributed by atoms with van der Waals surface area (Å²) in [6, 6.07) is 25.8. The molecule has 0 aliphatic carbocycles. The van der Waals surface area contributed by atoms with Crippen molar-refractivity contribution in [3.63, 3.8) is 0 Å². The monoisotopic (exact) mass is 401 g/mol. The van der Waals surface area contributed by atoms with Crippen molar-refractivity contribution in [1.82, 2.24) is 0 Å². The van der Waals surface area contributed by atoms with Crippen LogP contribution < -0.4 is 15.4 Å². The van der Waals surface area contributed by atoms with Gasteiger partial charge in [0.1, 0.15) is 12.4 Å². The maximum absolute atomic E-state index is 12.0. The first-order valence-corrected chi connectivity index (χ1v) is 9.31. The Bertz CT molecular complexity index is 1040. The molecule has 0 bridgehead atoms. The summed E-state index contributed by atoms with van der Waals surface area (Å²) in [5, 5.41) is 13.2. The summed E-state index contributed by atoms with van der Waals surface area (Å²) in [4.78, 5) is 24.0. The van der Waals surface area contributed by atoms with Gasteiger partial charge in [0.15, 0.2) is 5.71 Å². The average molecular weight is 401 g/mol. The summed E-state index contributed by atoms with van der Waals surface area (Å²) in [6.45, 7) is 0.481. The highest BCUT2D eigenvalue weighted by Crippen LogP contribution is 2.17. The fourth-order valence-corrected chi connectivity index (χ4v) is 2.51. The normalized spacial score (nSPS) is 10.4. The van der Waals surface area contributed by atoms with Crippen molar-refractivity contribution in [1.29, 1.82) is 5.41 Å². The number of anilines is 2. The van der Waals surface area contributed by atoms with Crippen LogP contribution in [0.2, 0.25) is 0 Å². The first kappa shape index (κ1) is 20.5. The van der Waals surface area contributed by atoms with Crippen LogP contribution in [0.4, 0.5) is 11.4 Å². The van der Waals surface area contributed by atoms with E-state index in [2.05, 4.69) is 10.6 Å². The van der Waals surface area contributed by atoms with Gasteiger partial charge in [-0.25, -0.2) is 0 Å². The predicted molar refractivity (Wildman–Crippen MR) is 120 cm³/mol. The third kappa shape index (κ3) is 6.17. The van der Waals surface area contributed by atoms with Crippen LogP contribution in [0.5, 0.6) is 5.75 Å². The molecule has 3 rings (SSSR count). The van der Waals surface area contributed by atoms with Gasteiger partial charge in [0.2, 0.25) is 5.78 Å². The molecular formula is C24H23N3O3. The third-order valence-electron chi connectivity index (χ3n) is 4.09. The Morgan fingerprint density at radius 2 is 1.50 bits per heavy atom. The average Bonchev–Trinajstić information content (AvgIpc) is 2.79. The van der Waals surface area contributed by atoms with Crippen LogP contribution in [0.3, 0.4) is 0 Å². The third-order valence-corrected chi connectivity index (χ3v) is 4.09. The van der Waals surface area contributed by atoms with Gasteiger partial charge in [-0.3, -0.25) is 15.0 Å². The topological polar surface area (TPSA) is 91.3 Å². The Morgan fingerprint density at radius 3 is 2.17 bits per heavy atom. The fraction of sp³-hybridized carbons (Fsp3) is 0.0417. The molecule has 0 spiro atoms. The predicted octanol–water partition coefficient (Wildman–Crippen LogP) is 4.66. The number of ketones is 1. The van der Waals surface area contributed by atoms with Gasteiger partial charge in [0, 0.05) is 25.1 Å². The molecule has 0 atom stereocenters. The molecule has 0 aliphatic heterocycles. The Morgan fingerprint density at radius 1 is 0.867 bits per heavy atom. The smallest absolute Gasteiger partial charge is 0.277 e. The molecule has 6 heteroatoms. The van der Waals surface area contributed by atoms with Gasteiger partial charge >= 0.3 is 0 Å². The van der Waals surface area contributed by atoms with Gasteiger partial charge in [-0.05, 0) is 42.0 Å². The Kier molecular flexibility index (Phi) is 7.11. The number of hydrogen-bond donors (Lipinski definition) is 3. The zero-order valence-electron chi connectivity index (χ0n) is 16.2. The summed E-state index contributed by atoms with van der Waals surface area (Å²) in [5.41, 5.74) is 1.71. The lowest BCUT2D eigenvalue weighted by Gasteiger charge is -2.07. The van der Waals surface area contributed by atoms with Crippen LogP contribution in [0.25, 0.3) is 0 Å². The van der Waals surface area contributed by atoms with E-state index in [1.54, 1.807) is 24.3 Å². The molecule has 0 saturated heterocycles. The Labute approximate surface area is 176 Å². The minimum atomic E-state index is -0.754. The standard InChI is InChI=1S/C24H21N3O3.H2/c25-23(24(29)27-20-9-5-2-6-10-20)22(28)15-16-26-19-11-13-21(14-12-19)30-17-18-7-3-1-4-8-18;/h1-16,25-26H,17H2,(H,27,29);1H/b16-15-,25-23?;. The maximum Gasteiger partial charge on any atom is 0.277 e. The minimum absolute atomic E-state index is 0. The fourth-order valence-electron chi connectivity index (χ4n) is 2.51. The zero-order chi connectivity index (χ0) is 21.2.